The number of carboxylic acids is 1. The van der Waals surface area contributed by atoms with E-state index >= 15 is 0 Å². The molecule has 3 rings (SSSR count). The van der Waals surface area contributed by atoms with Crippen molar-refractivity contribution in [2.24, 2.45) is 5.92 Å². The average Bonchev–Trinajstić information content (AvgIpc) is 3.44. The lowest BCUT2D eigenvalue weighted by Crippen LogP contribution is -2.89. The molecule has 2 aromatic rings. The van der Waals surface area contributed by atoms with Crippen LogP contribution in [0.3, 0.4) is 0 Å². The fourth-order valence-corrected chi connectivity index (χ4v) is 4.65. The van der Waals surface area contributed by atoms with E-state index in [-0.39, 0.29) is 30.7 Å². The summed E-state index contributed by atoms with van der Waals surface area (Å²) in [7, 11) is 0. The van der Waals surface area contributed by atoms with Crippen molar-refractivity contribution in [3.63, 3.8) is 0 Å². The molecule has 3 amide bonds. The van der Waals surface area contributed by atoms with E-state index in [0.717, 1.165) is 30.5 Å². The van der Waals surface area contributed by atoms with Crippen LogP contribution < -0.4 is 21.3 Å². The standard InChI is InChI=1S/C29H38N4O5/c1-19(2)16-23(27(35)33-25(29(37)38)18-21-12-7-4-8-13-21)31-28(36)24(17-20-10-5-3-6-11-20)32-26(34)22-14-9-15-30-22/h3-8,10-13,19,22-25,30H,9,14-18H2,1-2H3,(H,31,36)(H,32,34)(H,33,35)(H,37,38)/p+1/t22-,23-,24-,25-/m0/s1. The number of rotatable bonds is 13. The molecule has 1 saturated heterocycles. The van der Waals surface area contributed by atoms with E-state index in [0.29, 0.717) is 6.42 Å². The van der Waals surface area contributed by atoms with Crippen LogP contribution in [0, 0.1) is 5.92 Å². The summed E-state index contributed by atoms with van der Waals surface area (Å²) in [4.78, 5) is 51.5. The second-order valence-electron chi connectivity index (χ2n) is 10.3. The molecule has 0 spiro atoms. The summed E-state index contributed by atoms with van der Waals surface area (Å²) in [5, 5.41) is 20.0. The van der Waals surface area contributed by atoms with Crippen LogP contribution in [0.2, 0.25) is 0 Å². The normalized spacial score (nSPS) is 17.3. The molecule has 204 valence electrons. The molecule has 0 unspecified atom stereocenters. The molecule has 1 aliphatic heterocycles. The summed E-state index contributed by atoms with van der Waals surface area (Å²) in [6.07, 6.45) is 2.40. The fourth-order valence-electron chi connectivity index (χ4n) is 4.65. The van der Waals surface area contributed by atoms with Crippen LogP contribution in [-0.2, 0) is 32.0 Å². The highest BCUT2D eigenvalue weighted by Gasteiger charge is 2.33. The highest BCUT2D eigenvalue weighted by atomic mass is 16.4. The molecule has 9 nitrogen and oxygen atoms in total. The van der Waals surface area contributed by atoms with Gasteiger partial charge in [-0.25, -0.2) is 4.79 Å². The number of amides is 3. The van der Waals surface area contributed by atoms with Crippen LogP contribution >= 0.6 is 0 Å². The van der Waals surface area contributed by atoms with Gasteiger partial charge in [-0.15, -0.1) is 0 Å². The number of quaternary nitrogens is 1. The smallest absolute Gasteiger partial charge is 0.326 e. The van der Waals surface area contributed by atoms with Crippen molar-refractivity contribution >= 4 is 23.7 Å². The molecule has 0 radical (unpaired) electrons. The zero-order chi connectivity index (χ0) is 27.5. The third kappa shape index (κ3) is 8.99. The van der Waals surface area contributed by atoms with Crippen LogP contribution in [0.15, 0.2) is 60.7 Å². The molecule has 4 atom stereocenters. The molecule has 1 heterocycles. The van der Waals surface area contributed by atoms with Gasteiger partial charge in [0.2, 0.25) is 11.8 Å². The molecule has 0 bridgehead atoms. The predicted molar refractivity (Wildman–Crippen MR) is 143 cm³/mol. The van der Waals surface area contributed by atoms with E-state index < -0.39 is 35.9 Å². The quantitative estimate of drug-likeness (QED) is 0.264. The Bertz CT molecular complexity index is 1070. The Morgan fingerprint density at radius 1 is 0.816 bits per heavy atom. The number of aliphatic carboxylic acids is 1. The highest BCUT2D eigenvalue weighted by molar-refractivity contribution is 5.94. The minimum absolute atomic E-state index is 0.0544. The Balaban J connectivity index is 1.74. The Hall–Kier alpha value is -3.72. The number of hydrogen-bond acceptors (Lipinski definition) is 4. The molecule has 6 N–H and O–H groups in total. The van der Waals surface area contributed by atoms with Crippen molar-refractivity contribution < 1.29 is 29.6 Å². The molecule has 38 heavy (non-hydrogen) atoms. The van der Waals surface area contributed by atoms with E-state index in [1.165, 1.54) is 0 Å². The Morgan fingerprint density at radius 3 is 1.84 bits per heavy atom. The molecule has 2 aromatic carbocycles. The largest absolute Gasteiger partial charge is 0.480 e. The minimum Gasteiger partial charge on any atom is -0.480 e. The van der Waals surface area contributed by atoms with Crippen molar-refractivity contribution in [1.29, 1.82) is 0 Å². The molecular weight excluding hydrogens is 484 g/mol. The van der Waals surface area contributed by atoms with Crippen LogP contribution in [-0.4, -0.2) is 59.5 Å². The van der Waals surface area contributed by atoms with Gasteiger partial charge in [0.25, 0.3) is 5.91 Å². The van der Waals surface area contributed by atoms with Crippen LogP contribution in [0.1, 0.15) is 44.2 Å². The van der Waals surface area contributed by atoms with Crippen molar-refractivity contribution in [3.05, 3.63) is 71.8 Å². The minimum atomic E-state index is -1.15. The maximum Gasteiger partial charge on any atom is 0.326 e. The fraction of sp³-hybridized carbons (Fsp3) is 0.448. The van der Waals surface area contributed by atoms with Gasteiger partial charge in [-0.2, -0.15) is 0 Å². The first-order chi connectivity index (χ1) is 18.2. The number of carbonyl (C=O) groups excluding carboxylic acids is 3. The topological polar surface area (TPSA) is 141 Å². The highest BCUT2D eigenvalue weighted by Crippen LogP contribution is 2.10. The monoisotopic (exact) mass is 523 g/mol. The van der Waals surface area contributed by atoms with Gasteiger partial charge in [0.1, 0.15) is 18.1 Å². The second-order valence-corrected chi connectivity index (χ2v) is 10.3. The van der Waals surface area contributed by atoms with E-state index in [4.69, 9.17) is 0 Å². The molecular formula is C29H39N4O5+. The number of carboxylic acid groups (broad SMARTS) is 1. The number of nitrogens with one attached hydrogen (secondary N) is 3. The molecule has 0 aliphatic carbocycles. The molecule has 0 saturated carbocycles. The van der Waals surface area contributed by atoms with Gasteiger partial charge in [0.15, 0.2) is 6.04 Å². The maximum atomic E-state index is 13.5. The second kappa shape index (κ2) is 14.3. The third-order valence-corrected chi connectivity index (χ3v) is 6.66. The number of benzene rings is 2. The lowest BCUT2D eigenvalue weighted by Gasteiger charge is -2.26. The molecule has 0 aromatic heterocycles. The van der Waals surface area contributed by atoms with E-state index in [2.05, 4.69) is 16.0 Å². The first-order valence-electron chi connectivity index (χ1n) is 13.3. The molecule has 9 heteroatoms. The van der Waals surface area contributed by atoms with Crippen LogP contribution in [0.25, 0.3) is 0 Å². The summed E-state index contributed by atoms with van der Waals surface area (Å²) in [5.74, 6) is -2.34. The van der Waals surface area contributed by atoms with E-state index in [9.17, 15) is 24.3 Å². The number of carbonyl (C=O) groups is 4. The van der Waals surface area contributed by atoms with Crippen LogP contribution in [0.5, 0.6) is 0 Å². The Morgan fingerprint density at radius 2 is 1.34 bits per heavy atom. The summed E-state index contributed by atoms with van der Waals surface area (Å²) >= 11 is 0. The predicted octanol–water partition coefficient (Wildman–Crippen LogP) is 0.783. The zero-order valence-corrected chi connectivity index (χ0v) is 22.1. The Kier molecular flexibility index (Phi) is 10.8. The van der Waals surface area contributed by atoms with Gasteiger partial charge in [0.05, 0.1) is 6.54 Å². The van der Waals surface area contributed by atoms with Gasteiger partial charge >= 0.3 is 5.97 Å². The van der Waals surface area contributed by atoms with Gasteiger partial charge < -0.3 is 26.4 Å². The molecule has 1 aliphatic rings. The first kappa shape index (κ1) is 28.8. The first-order valence-corrected chi connectivity index (χ1v) is 13.3. The van der Waals surface area contributed by atoms with Gasteiger partial charge in [0, 0.05) is 25.7 Å². The maximum absolute atomic E-state index is 13.5. The summed E-state index contributed by atoms with van der Waals surface area (Å²) in [5.41, 5.74) is 1.65. The van der Waals surface area contributed by atoms with Crippen molar-refractivity contribution in [2.75, 3.05) is 6.54 Å². The molecule has 1 fully saturated rings. The number of hydrogen-bond donors (Lipinski definition) is 5. The van der Waals surface area contributed by atoms with Gasteiger partial charge in [-0.05, 0) is 23.5 Å². The van der Waals surface area contributed by atoms with Gasteiger partial charge in [-0.1, -0.05) is 74.5 Å². The summed E-state index contributed by atoms with van der Waals surface area (Å²) in [6, 6.07) is 15.2. The van der Waals surface area contributed by atoms with E-state index in [1.54, 1.807) is 12.1 Å². The van der Waals surface area contributed by atoms with Crippen molar-refractivity contribution in [1.82, 2.24) is 16.0 Å². The zero-order valence-electron chi connectivity index (χ0n) is 22.1. The van der Waals surface area contributed by atoms with Crippen LogP contribution in [0.4, 0.5) is 0 Å². The number of nitrogens with two attached hydrogens (primary N) is 1. The Labute approximate surface area is 223 Å². The average molecular weight is 524 g/mol. The summed E-state index contributed by atoms with van der Waals surface area (Å²) < 4.78 is 0. The van der Waals surface area contributed by atoms with Crippen molar-refractivity contribution in [3.8, 4) is 0 Å². The lowest BCUT2D eigenvalue weighted by atomic mass is 10.00. The summed E-state index contributed by atoms with van der Waals surface area (Å²) in [6.45, 7) is 4.71. The van der Waals surface area contributed by atoms with E-state index in [1.807, 2.05) is 67.7 Å². The van der Waals surface area contributed by atoms with Gasteiger partial charge in [-0.3, -0.25) is 14.4 Å². The third-order valence-electron chi connectivity index (χ3n) is 6.66. The van der Waals surface area contributed by atoms with Crippen molar-refractivity contribution in [2.45, 2.75) is 70.1 Å². The SMILES string of the molecule is CC(C)C[C@H](NC(=O)[C@H](Cc1ccccc1)NC(=O)[C@@H]1CCC[NH2+]1)C(=O)N[C@@H](Cc1ccccc1)C(=O)O. The lowest BCUT2D eigenvalue weighted by molar-refractivity contribution is -0.657.